The van der Waals surface area contributed by atoms with Crippen LogP contribution >= 0.6 is 11.6 Å². The number of rotatable bonds is 6. The number of aromatic nitrogens is 4. The Labute approximate surface area is 143 Å². The van der Waals surface area contributed by atoms with Crippen LogP contribution in [-0.4, -0.2) is 20.2 Å². The van der Waals surface area contributed by atoms with Crippen LogP contribution in [0.4, 0.5) is 0 Å². The van der Waals surface area contributed by atoms with Crippen molar-refractivity contribution in [1.29, 1.82) is 0 Å². The lowest BCUT2D eigenvalue weighted by Crippen LogP contribution is -2.09. The molecule has 0 fully saturated rings. The number of halogens is 1. The molecule has 0 unspecified atom stereocenters. The van der Waals surface area contributed by atoms with Crippen molar-refractivity contribution in [1.82, 2.24) is 20.2 Å². The monoisotopic (exact) mass is 348 g/mol. The number of hydrogen-bond donors (Lipinski definition) is 0. The van der Waals surface area contributed by atoms with Crippen LogP contribution in [0, 0.1) is 6.92 Å². The summed E-state index contributed by atoms with van der Waals surface area (Å²) >= 11 is 6.28. The van der Waals surface area contributed by atoms with E-state index in [1.165, 1.54) is 6.07 Å². The zero-order valence-electron chi connectivity index (χ0n) is 13.5. The summed E-state index contributed by atoms with van der Waals surface area (Å²) in [6.07, 6.45) is 2.04. The quantitative estimate of drug-likeness (QED) is 0.636. The van der Waals surface area contributed by atoms with Gasteiger partial charge in [-0.15, -0.1) is 5.10 Å². The van der Waals surface area contributed by atoms with E-state index in [1.54, 1.807) is 16.8 Å². The third-order valence-electron chi connectivity index (χ3n) is 3.69. The molecular formula is C16H17ClN4O3. The van der Waals surface area contributed by atoms with Crippen LogP contribution in [0.3, 0.4) is 0 Å². The SMILES string of the molecule is CCCCn1nnnc1COc1cc2oc(=O)cc(C)c2cc1Cl. The van der Waals surface area contributed by atoms with Gasteiger partial charge in [-0.3, -0.25) is 0 Å². The van der Waals surface area contributed by atoms with E-state index in [4.69, 9.17) is 20.8 Å². The Morgan fingerprint density at radius 3 is 2.96 bits per heavy atom. The van der Waals surface area contributed by atoms with Crippen molar-refractivity contribution >= 4 is 22.6 Å². The number of nitrogens with zero attached hydrogens (tertiary/aromatic N) is 4. The zero-order valence-corrected chi connectivity index (χ0v) is 14.2. The zero-order chi connectivity index (χ0) is 17.1. The molecule has 0 amide bonds. The van der Waals surface area contributed by atoms with Crippen LogP contribution in [-0.2, 0) is 13.2 Å². The molecule has 126 valence electrons. The second-order valence-electron chi connectivity index (χ2n) is 5.49. The second kappa shape index (κ2) is 7.00. The van der Waals surface area contributed by atoms with Gasteiger partial charge in [0, 0.05) is 24.1 Å². The maximum Gasteiger partial charge on any atom is 0.336 e. The molecule has 1 aromatic carbocycles. The topological polar surface area (TPSA) is 83.0 Å². The molecule has 0 saturated heterocycles. The summed E-state index contributed by atoms with van der Waals surface area (Å²) in [5, 5.41) is 12.8. The molecule has 0 radical (unpaired) electrons. The Bertz CT molecular complexity index is 919. The fourth-order valence-electron chi connectivity index (χ4n) is 2.38. The van der Waals surface area contributed by atoms with Gasteiger partial charge in [-0.2, -0.15) is 0 Å². The van der Waals surface area contributed by atoms with Crippen LogP contribution in [0.25, 0.3) is 11.0 Å². The molecule has 24 heavy (non-hydrogen) atoms. The van der Waals surface area contributed by atoms with Crippen molar-refractivity contribution in [3.63, 3.8) is 0 Å². The Morgan fingerprint density at radius 1 is 1.33 bits per heavy atom. The largest absolute Gasteiger partial charge is 0.484 e. The van der Waals surface area contributed by atoms with E-state index in [0.29, 0.717) is 22.2 Å². The van der Waals surface area contributed by atoms with Gasteiger partial charge in [0.2, 0.25) is 0 Å². The van der Waals surface area contributed by atoms with Crippen molar-refractivity contribution < 1.29 is 9.15 Å². The normalized spacial score (nSPS) is 11.1. The molecule has 0 aliphatic carbocycles. The van der Waals surface area contributed by atoms with Gasteiger partial charge >= 0.3 is 5.63 Å². The summed E-state index contributed by atoms with van der Waals surface area (Å²) in [5.41, 5.74) is 0.833. The molecule has 3 rings (SSSR count). The van der Waals surface area contributed by atoms with Gasteiger partial charge < -0.3 is 9.15 Å². The summed E-state index contributed by atoms with van der Waals surface area (Å²) < 4.78 is 12.7. The summed E-state index contributed by atoms with van der Waals surface area (Å²) in [4.78, 5) is 11.5. The predicted molar refractivity (Wildman–Crippen MR) is 89.3 cm³/mol. The van der Waals surface area contributed by atoms with Crippen LogP contribution in [0.1, 0.15) is 31.2 Å². The molecule has 0 bridgehead atoms. The highest BCUT2D eigenvalue weighted by Crippen LogP contribution is 2.31. The van der Waals surface area contributed by atoms with Crippen LogP contribution in [0.5, 0.6) is 5.75 Å². The number of aryl methyl sites for hydroxylation is 2. The number of fused-ring (bicyclic) bond motifs is 1. The van der Waals surface area contributed by atoms with E-state index in [0.717, 1.165) is 30.3 Å². The number of tetrazole rings is 1. The lowest BCUT2D eigenvalue weighted by atomic mass is 10.1. The molecule has 0 N–H and O–H groups in total. The third kappa shape index (κ3) is 3.41. The van der Waals surface area contributed by atoms with E-state index < -0.39 is 5.63 Å². The van der Waals surface area contributed by atoms with Gasteiger partial charge in [0.15, 0.2) is 5.82 Å². The van der Waals surface area contributed by atoms with Crippen molar-refractivity contribution in [2.75, 3.05) is 0 Å². The first kappa shape index (κ1) is 16.4. The Morgan fingerprint density at radius 2 is 2.17 bits per heavy atom. The van der Waals surface area contributed by atoms with Crippen LogP contribution in [0.15, 0.2) is 27.4 Å². The maximum absolute atomic E-state index is 11.5. The minimum Gasteiger partial charge on any atom is -0.484 e. The number of unbranched alkanes of at least 4 members (excludes halogenated alkanes) is 1. The van der Waals surface area contributed by atoms with E-state index >= 15 is 0 Å². The number of hydrogen-bond acceptors (Lipinski definition) is 6. The maximum atomic E-state index is 11.5. The summed E-state index contributed by atoms with van der Waals surface area (Å²) in [5.74, 6) is 1.04. The lowest BCUT2D eigenvalue weighted by molar-refractivity contribution is 0.286. The van der Waals surface area contributed by atoms with Crippen molar-refractivity contribution in [3.05, 3.63) is 45.0 Å². The van der Waals surface area contributed by atoms with E-state index in [1.807, 2.05) is 6.92 Å². The summed E-state index contributed by atoms with van der Waals surface area (Å²) in [6, 6.07) is 4.78. The fourth-order valence-corrected chi connectivity index (χ4v) is 2.60. The molecule has 0 saturated carbocycles. The van der Waals surface area contributed by atoms with E-state index in [9.17, 15) is 4.79 Å². The van der Waals surface area contributed by atoms with Crippen molar-refractivity contribution in [2.24, 2.45) is 0 Å². The number of benzene rings is 1. The van der Waals surface area contributed by atoms with Crippen LogP contribution in [0.2, 0.25) is 5.02 Å². The molecule has 0 atom stereocenters. The third-order valence-corrected chi connectivity index (χ3v) is 3.99. The minimum atomic E-state index is -0.406. The summed E-state index contributed by atoms with van der Waals surface area (Å²) in [7, 11) is 0. The highest BCUT2D eigenvalue weighted by Gasteiger charge is 2.12. The highest BCUT2D eigenvalue weighted by atomic mass is 35.5. The molecule has 3 aromatic rings. The summed E-state index contributed by atoms with van der Waals surface area (Å²) in [6.45, 7) is 4.85. The average Bonchev–Trinajstić information content (AvgIpc) is 2.99. The van der Waals surface area contributed by atoms with Gasteiger partial charge in [0.05, 0.1) is 5.02 Å². The average molecular weight is 349 g/mol. The van der Waals surface area contributed by atoms with E-state index in [2.05, 4.69) is 22.4 Å². The molecular weight excluding hydrogens is 332 g/mol. The molecule has 0 aliphatic rings. The van der Waals surface area contributed by atoms with Crippen molar-refractivity contribution in [2.45, 2.75) is 39.8 Å². The molecule has 0 aliphatic heterocycles. The molecule has 2 aromatic heterocycles. The molecule has 2 heterocycles. The minimum absolute atomic E-state index is 0.179. The second-order valence-corrected chi connectivity index (χ2v) is 5.89. The number of ether oxygens (including phenoxy) is 1. The van der Waals surface area contributed by atoms with Gasteiger partial charge in [0.25, 0.3) is 0 Å². The lowest BCUT2D eigenvalue weighted by Gasteiger charge is -2.10. The Balaban J connectivity index is 1.84. The molecule has 7 nitrogen and oxygen atoms in total. The molecule has 8 heteroatoms. The predicted octanol–water partition coefficient (Wildman–Crippen LogP) is 3.12. The Hall–Kier alpha value is -2.41. The fraction of sp³-hybridized carbons (Fsp3) is 0.375. The van der Waals surface area contributed by atoms with Crippen molar-refractivity contribution in [3.8, 4) is 5.75 Å². The smallest absolute Gasteiger partial charge is 0.336 e. The first-order valence-corrected chi connectivity index (χ1v) is 8.08. The van der Waals surface area contributed by atoms with Gasteiger partial charge in [-0.25, -0.2) is 9.48 Å². The van der Waals surface area contributed by atoms with Gasteiger partial charge in [-0.05, 0) is 35.4 Å². The molecule has 0 spiro atoms. The standard InChI is InChI=1S/C16H17ClN4O3/c1-3-4-5-21-15(18-19-20-21)9-23-14-8-13-11(7-12(14)17)10(2)6-16(22)24-13/h6-8H,3-5,9H2,1-2H3. The first-order valence-electron chi connectivity index (χ1n) is 7.70. The van der Waals surface area contributed by atoms with Crippen LogP contribution < -0.4 is 10.4 Å². The van der Waals surface area contributed by atoms with Gasteiger partial charge in [0.1, 0.15) is 17.9 Å². The highest BCUT2D eigenvalue weighted by molar-refractivity contribution is 6.32. The van der Waals surface area contributed by atoms with Gasteiger partial charge in [-0.1, -0.05) is 24.9 Å². The first-order chi connectivity index (χ1) is 11.6. The van der Waals surface area contributed by atoms with E-state index in [-0.39, 0.29) is 6.61 Å². The Kier molecular flexibility index (Phi) is 4.80.